The van der Waals surface area contributed by atoms with Gasteiger partial charge in [0.25, 0.3) is 0 Å². The fraction of sp³-hybridized carbons (Fsp3) is 0.647. The summed E-state index contributed by atoms with van der Waals surface area (Å²) in [4.78, 5) is 0.462. The Labute approximate surface area is 135 Å². The molecule has 3 nitrogen and oxygen atoms in total. The van der Waals surface area contributed by atoms with Crippen molar-refractivity contribution in [1.82, 2.24) is 4.90 Å². The molecule has 0 aliphatic heterocycles. The first-order valence-corrected chi connectivity index (χ1v) is 6.91. The fourth-order valence-corrected chi connectivity index (χ4v) is 3.05. The number of aliphatic hydroxyl groups is 1. The van der Waals surface area contributed by atoms with E-state index in [0.717, 1.165) is 19.3 Å². The Morgan fingerprint density at radius 3 is 2.55 bits per heavy atom. The van der Waals surface area contributed by atoms with Gasteiger partial charge < -0.3 is 14.7 Å². The van der Waals surface area contributed by atoms with Crippen LogP contribution in [-0.2, 0) is 0 Å². The SMILES string of the molecule is [2H]C([2H])([2H])Oc1ccc([C@@H](CN(C([2H])([2H])[2H])C([2H])([2H])[2H])C2(O)CCCCC2)cc1. The summed E-state index contributed by atoms with van der Waals surface area (Å²) in [6, 6.07) is 5.96. The normalized spacial score (nSPS) is 28.4. The third-order valence-corrected chi connectivity index (χ3v) is 4.13. The lowest BCUT2D eigenvalue weighted by Gasteiger charge is -2.40. The molecule has 1 N–H and O–H groups in total. The van der Waals surface area contributed by atoms with Crippen molar-refractivity contribution in [3.8, 4) is 5.75 Å². The van der Waals surface area contributed by atoms with Crippen LogP contribution in [0.25, 0.3) is 0 Å². The monoisotopic (exact) mass is 286 g/mol. The highest BCUT2D eigenvalue weighted by molar-refractivity contribution is 5.31. The van der Waals surface area contributed by atoms with Gasteiger partial charge in [0, 0.05) is 20.7 Å². The van der Waals surface area contributed by atoms with E-state index in [2.05, 4.69) is 0 Å². The second kappa shape index (κ2) is 6.59. The van der Waals surface area contributed by atoms with Gasteiger partial charge in [-0.1, -0.05) is 31.4 Å². The molecule has 3 heteroatoms. The van der Waals surface area contributed by atoms with Crippen molar-refractivity contribution < 1.29 is 22.2 Å². The zero-order valence-electron chi connectivity index (χ0n) is 20.4. The Hall–Kier alpha value is -1.06. The van der Waals surface area contributed by atoms with Gasteiger partial charge in [-0.05, 0) is 44.5 Å². The highest BCUT2D eigenvalue weighted by Gasteiger charge is 2.38. The zero-order chi connectivity index (χ0) is 22.1. The molecule has 1 atom stereocenters. The second-order valence-corrected chi connectivity index (χ2v) is 5.50. The fourth-order valence-electron chi connectivity index (χ4n) is 3.05. The third-order valence-electron chi connectivity index (χ3n) is 4.13. The molecule has 1 saturated carbocycles. The summed E-state index contributed by atoms with van der Waals surface area (Å²) in [6.07, 6.45) is 3.33. The van der Waals surface area contributed by atoms with Crippen molar-refractivity contribution in [2.75, 3.05) is 27.5 Å². The van der Waals surface area contributed by atoms with Crippen LogP contribution in [0.3, 0.4) is 0 Å². The third kappa shape index (κ3) is 3.53. The molecule has 1 aliphatic carbocycles. The molecule has 1 aromatic carbocycles. The molecule has 112 valence electrons. The van der Waals surface area contributed by atoms with Gasteiger partial charge in [0.1, 0.15) is 5.75 Å². The molecule has 0 heterocycles. The van der Waals surface area contributed by atoms with Crippen LogP contribution in [0.5, 0.6) is 5.75 Å². The predicted molar refractivity (Wildman–Crippen MR) is 82.3 cm³/mol. The molecule has 20 heavy (non-hydrogen) atoms. The van der Waals surface area contributed by atoms with Crippen molar-refractivity contribution in [2.24, 2.45) is 0 Å². The molecule has 1 fully saturated rings. The Morgan fingerprint density at radius 2 is 1.95 bits per heavy atom. The molecule has 1 aromatic rings. The van der Waals surface area contributed by atoms with Crippen LogP contribution in [0, 0.1) is 0 Å². The molecule has 2 rings (SSSR count). The van der Waals surface area contributed by atoms with Gasteiger partial charge in [0.15, 0.2) is 0 Å². The van der Waals surface area contributed by atoms with Gasteiger partial charge in [0.05, 0.1) is 16.8 Å². The number of benzene rings is 1. The van der Waals surface area contributed by atoms with E-state index < -0.39 is 32.5 Å². The molecule has 0 bridgehead atoms. The van der Waals surface area contributed by atoms with E-state index in [1.54, 1.807) is 12.1 Å². The summed E-state index contributed by atoms with van der Waals surface area (Å²) < 4.78 is 72.2. The van der Waals surface area contributed by atoms with E-state index in [1.165, 1.54) is 12.1 Å². The van der Waals surface area contributed by atoms with Gasteiger partial charge in [-0.25, -0.2) is 0 Å². The summed E-state index contributed by atoms with van der Waals surface area (Å²) in [7, 11) is -2.61. The van der Waals surface area contributed by atoms with E-state index in [9.17, 15) is 5.11 Å². The summed E-state index contributed by atoms with van der Waals surface area (Å²) in [6.45, 7) is -6.11. The zero-order valence-corrected chi connectivity index (χ0v) is 11.4. The number of nitrogens with zero attached hydrogens (tertiary/aromatic N) is 1. The quantitative estimate of drug-likeness (QED) is 0.903. The average molecular weight is 286 g/mol. The minimum absolute atomic E-state index is 0.103. The summed E-state index contributed by atoms with van der Waals surface area (Å²) >= 11 is 0. The van der Waals surface area contributed by atoms with Gasteiger partial charge in [-0.3, -0.25) is 0 Å². The molecular formula is C17H27NO2. The number of rotatable bonds is 5. The summed E-state index contributed by atoms with van der Waals surface area (Å²) in [5.74, 6) is -0.669. The van der Waals surface area contributed by atoms with Crippen molar-refractivity contribution in [1.29, 1.82) is 0 Å². The largest absolute Gasteiger partial charge is 0.497 e. The van der Waals surface area contributed by atoms with Crippen molar-refractivity contribution in [3.05, 3.63) is 29.8 Å². The molecular weight excluding hydrogens is 250 g/mol. The maximum atomic E-state index is 11.3. The van der Waals surface area contributed by atoms with Crippen LogP contribution < -0.4 is 4.74 Å². The smallest absolute Gasteiger partial charge is 0.118 e. The van der Waals surface area contributed by atoms with Gasteiger partial charge >= 0.3 is 0 Å². The molecule has 0 amide bonds. The summed E-state index contributed by atoms with van der Waals surface area (Å²) in [5.41, 5.74) is -0.717. The number of ether oxygens (including phenoxy) is 1. The Morgan fingerprint density at radius 1 is 1.25 bits per heavy atom. The van der Waals surface area contributed by atoms with Crippen LogP contribution in [0.4, 0.5) is 0 Å². The molecule has 1 aliphatic rings. The molecule has 0 saturated heterocycles. The minimum atomic E-state index is -2.86. The van der Waals surface area contributed by atoms with Crippen LogP contribution in [-0.4, -0.2) is 43.1 Å². The topological polar surface area (TPSA) is 32.7 Å². The number of hydrogen-bond acceptors (Lipinski definition) is 3. The number of methoxy groups -OCH3 is 1. The first-order chi connectivity index (χ1) is 13.1. The van der Waals surface area contributed by atoms with Crippen LogP contribution in [0.1, 0.15) is 55.9 Å². The van der Waals surface area contributed by atoms with Gasteiger partial charge in [0.2, 0.25) is 0 Å². The van der Waals surface area contributed by atoms with E-state index in [-0.39, 0.29) is 12.3 Å². The summed E-state index contributed by atoms with van der Waals surface area (Å²) in [5, 5.41) is 11.3. The standard InChI is InChI=1S/C17H27NO2/c1-18(2)13-16(17(19)11-5-4-6-12-17)14-7-9-15(20-3)10-8-14/h7-10,16,19H,4-6,11-13H2,1-3H3/t16-/m1/s1/i1D3,2D3,3D3. The van der Waals surface area contributed by atoms with Crippen molar-refractivity contribution >= 4 is 0 Å². The van der Waals surface area contributed by atoms with Crippen molar-refractivity contribution in [3.63, 3.8) is 0 Å². The second-order valence-electron chi connectivity index (χ2n) is 5.50. The van der Waals surface area contributed by atoms with E-state index in [4.69, 9.17) is 17.1 Å². The molecule has 0 aromatic heterocycles. The van der Waals surface area contributed by atoms with E-state index in [0.29, 0.717) is 23.3 Å². The lowest BCUT2D eigenvalue weighted by atomic mass is 9.72. The predicted octanol–water partition coefficient (Wildman–Crippen LogP) is 3.04. The Bertz CT molecular complexity index is 647. The first-order valence-electron chi connectivity index (χ1n) is 11.4. The first kappa shape index (κ1) is 7.28. The van der Waals surface area contributed by atoms with Gasteiger partial charge in [-0.15, -0.1) is 0 Å². The van der Waals surface area contributed by atoms with Gasteiger partial charge in [-0.2, -0.15) is 0 Å². The molecule has 0 radical (unpaired) electrons. The Kier molecular flexibility index (Phi) is 2.40. The van der Waals surface area contributed by atoms with Crippen molar-refractivity contribution in [2.45, 2.75) is 43.6 Å². The average Bonchev–Trinajstić information content (AvgIpc) is 2.53. The van der Waals surface area contributed by atoms with E-state index in [1.807, 2.05) is 0 Å². The van der Waals surface area contributed by atoms with E-state index >= 15 is 0 Å². The maximum Gasteiger partial charge on any atom is 0.118 e. The Balaban J connectivity index is 2.40. The highest BCUT2D eigenvalue weighted by atomic mass is 16.5. The maximum absolute atomic E-state index is 11.3. The lowest BCUT2D eigenvalue weighted by Crippen LogP contribution is -2.42. The van der Waals surface area contributed by atoms with Crippen LogP contribution in [0.15, 0.2) is 24.3 Å². The minimum Gasteiger partial charge on any atom is -0.497 e. The lowest BCUT2D eigenvalue weighted by molar-refractivity contribution is -0.0277. The molecule has 0 spiro atoms. The van der Waals surface area contributed by atoms with Crippen LogP contribution in [0.2, 0.25) is 0 Å². The number of likely N-dealkylation sites (N-methyl/N-ethyl adjacent to an activating group) is 1. The molecule has 0 unspecified atom stereocenters. The number of hydrogen-bond donors (Lipinski definition) is 1. The highest BCUT2D eigenvalue weighted by Crippen LogP contribution is 2.40. The van der Waals surface area contributed by atoms with Crippen LogP contribution >= 0.6 is 0 Å².